The van der Waals surface area contributed by atoms with E-state index in [9.17, 15) is 13.2 Å². The van der Waals surface area contributed by atoms with Gasteiger partial charge in [-0.1, -0.05) is 11.6 Å². The van der Waals surface area contributed by atoms with Gasteiger partial charge in [-0.3, -0.25) is 0 Å². The molecule has 2 aliphatic heterocycles. The molecular weight excluding hydrogens is 305 g/mol. The largest absolute Gasteiger partial charge is 0.419 e. The van der Waals surface area contributed by atoms with E-state index in [-0.39, 0.29) is 11.6 Å². The van der Waals surface area contributed by atoms with E-state index in [1.165, 1.54) is 0 Å². The van der Waals surface area contributed by atoms with E-state index in [0.29, 0.717) is 18.8 Å². The predicted molar refractivity (Wildman–Crippen MR) is 73.6 cm³/mol. The van der Waals surface area contributed by atoms with Crippen molar-refractivity contribution in [3.05, 3.63) is 16.3 Å². The summed E-state index contributed by atoms with van der Waals surface area (Å²) in [5.74, 6) is 0.354. The highest BCUT2D eigenvalue weighted by Crippen LogP contribution is 2.42. The molecule has 0 unspecified atom stereocenters. The molecule has 21 heavy (non-hydrogen) atoms. The molecule has 0 radical (unpaired) electrons. The van der Waals surface area contributed by atoms with Crippen LogP contribution in [-0.2, 0) is 12.6 Å². The molecule has 0 bridgehead atoms. The summed E-state index contributed by atoms with van der Waals surface area (Å²) in [6.07, 6.45) is -2.16. The number of hydrogen-bond donors (Lipinski definition) is 0. The average Bonchev–Trinajstić information content (AvgIpc) is 2.80. The molecule has 2 aliphatic rings. The number of likely N-dealkylation sites (tertiary alicyclic amines) is 1. The molecule has 0 saturated carbocycles. The lowest BCUT2D eigenvalue weighted by Crippen LogP contribution is -2.46. The molecule has 4 nitrogen and oxygen atoms in total. The maximum Gasteiger partial charge on any atom is 0.419 e. The fourth-order valence-electron chi connectivity index (χ4n) is 3.28. The third-order valence-corrected chi connectivity index (χ3v) is 4.47. The van der Waals surface area contributed by atoms with E-state index in [0.717, 1.165) is 25.9 Å². The molecule has 1 aromatic heterocycles. The third-order valence-electron chi connectivity index (χ3n) is 4.21. The van der Waals surface area contributed by atoms with Gasteiger partial charge in [0.05, 0.1) is 0 Å². The lowest BCUT2D eigenvalue weighted by atomic mass is 10.1. The molecule has 1 atom stereocenters. The van der Waals surface area contributed by atoms with E-state index >= 15 is 0 Å². The van der Waals surface area contributed by atoms with Crippen LogP contribution in [0.2, 0.25) is 5.15 Å². The number of fused-ring (bicyclic) bond motifs is 1. The second-order valence-corrected chi connectivity index (χ2v) is 6.03. The van der Waals surface area contributed by atoms with Crippen LogP contribution < -0.4 is 4.90 Å². The Bertz CT molecular complexity index is 549. The van der Waals surface area contributed by atoms with Crippen molar-refractivity contribution in [2.75, 3.05) is 31.6 Å². The highest BCUT2D eigenvalue weighted by molar-refractivity contribution is 6.30. The van der Waals surface area contributed by atoms with Crippen LogP contribution in [0.1, 0.15) is 24.0 Å². The van der Waals surface area contributed by atoms with Crippen molar-refractivity contribution in [2.45, 2.75) is 31.5 Å². The Labute approximate surface area is 125 Å². The summed E-state index contributed by atoms with van der Waals surface area (Å²) in [7, 11) is 2.03. The van der Waals surface area contributed by atoms with Crippen LogP contribution in [0.25, 0.3) is 0 Å². The lowest BCUT2D eigenvalue weighted by molar-refractivity contribution is -0.138. The van der Waals surface area contributed by atoms with Crippen molar-refractivity contribution < 1.29 is 13.2 Å². The van der Waals surface area contributed by atoms with Gasteiger partial charge in [0.2, 0.25) is 0 Å². The highest BCUT2D eigenvalue weighted by atomic mass is 35.5. The Morgan fingerprint density at radius 3 is 2.67 bits per heavy atom. The van der Waals surface area contributed by atoms with Crippen molar-refractivity contribution in [1.29, 1.82) is 0 Å². The van der Waals surface area contributed by atoms with Crippen LogP contribution >= 0.6 is 11.6 Å². The molecule has 1 fully saturated rings. The van der Waals surface area contributed by atoms with Gasteiger partial charge in [0.25, 0.3) is 0 Å². The maximum absolute atomic E-state index is 13.2. The first-order chi connectivity index (χ1) is 9.88. The fraction of sp³-hybridized carbons (Fsp3) is 0.692. The lowest BCUT2D eigenvalue weighted by Gasteiger charge is -2.36. The van der Waals surface area contributed by atoms with Crippen LogP contribution in [0.15, 0.2) is 0 Å². The minimum absolute atomic E-state index is 0.190. The monoisotopic (exact) mass is 320 g/mol. The van der Waals surface area contributed by atoms with Gasteiger partial charge in [0.1, 0.15) is 5.56 Å². The summed E-state index contributed by atoms with van der Waals surface area (Å²) < 4.78 is 39.5. The number of anilines is 1. The van der Waals surface area contributed by atoms with Crippen LogP contribution in [0.3, 0.4) is 0 Å². The molecule has 0 aliphatic carbocycles. The highest BCUT2D eigenvalue weighted by Gasteiger charge is 2.42. The zero-order valence-corrected chi connectivity index (χ0v) is 12.4. The molecular formula is C13H16ClF3N4. The standard InChI is InChI=1S/C13H16ClF3N4/c1-20-5-2-3-8(7-20)21-6-4-9-10(13(15,16)17)11(14)18-19-12(9)21/h8H,2-7H2,1H3/t8-/m1/s1. The van der Waals surface area contributed by atoms with Crippen LogP contribution in [-0.4, -0.2) is 47.8 Å². The van der Waals surface area contributed by atoms with Crippen molar-refractivity contribution in [1.82, 2.24) is 15.1 Å². The van der Waals surface area contributed by atoms with Crippen molar-refractivity contribution in [3.63, 3.8) is 0 Å². The first-order valence-electron chi connectivity index (χ1n) is 6.95. The van der Waals surface area contributed by atoms with E-state index in [1.54, 1.807) is 0 Å². The molecule has 0 N–H and O–H groups in total. The van der Waals surface area contributed by atoms with E-state index in [4.69, 9.17) is 11.6 Å². The van der Waals surface area contributed by atoms with Gasteiger partial charge in [-0.25, -0.2) is 0 Å². The van der Waals surface area contributed by atoms with Gasteiger partial charge >= 0.3 is 6.18 Å². The molecule has 116 valence electrons. The summed E-state index contributed by atoms with van der Waals surface area (Å²) in [6.45, 7) is 2.41. The predicted octanol–water partition coefficient (Wildman–Crippen LogP) is 2.61. The summed E-state index contributed by atoms with van der Waals surface area (Å²) >= 11 is 5.63. The number of piperidine rings is 1. The quantitative estimate of drug-likeness (QED) is 0.796. The molecule has 3 rings (SSSR count). The normalized spacial score (nSPS) is 23.5. The van der Waals surface area contributed by atoms with Crippen molar-refractivity contribution in [2.24, 2.45) is 0 Å². The van der Waals surface area contributed by atoms with Crippen LogP contribution in [0, 0.1) is 0 Å². The van der Waals surface area contributed by atoms with Crippen LogP contribution in [0.5, 0.6) is 0 Å². The van der Waals surface area contributed by atoms with Gasteiger partial charge in [-0.15, -0.1) is 10.2 Å². The smallest absolute Gasteiger partial charge is 0.350 e. The molecule has 0 aromatic carbocycles. The Balaban J connectivity index is 1.96. The Kier molecular flexibility index (Phi) is 3.73. The number of hydrogen-bond acceptors (Lipinski definition) is 4. The number of likely N-dealkylation sites (N-methyl/N-ethyl adjacent to an activating group) is 1. The average molecular weight is 321 g/mol. The first-order valence-corrected chi connectivity index (χ1v) is 7.33. The zero-order valence-electron chi connectivity index (χ0n) is 11.6. The Morgan fingerprint density at radius 1 is 1.24 bits per heavy atom. The van der Waals surface area contributed by atoms with Crippen molar-refractivity contribution in [3.8, 4) is 0 Å². The summed E-state index contributed by atoms with van der Waals surface area (Å²) in [5.41, 5.74) is -0.628. The number of aromatic nitrogens is 2. The van der Waals surface area contributed by atoms with E-state index in [1.807, 2.05) is 11.9 Å². The first kappa shape index (κ1) is 14.8. The van der Waals surface area contributed by atoms with Gasteiger partial charge in [0.15, 0.2) is 11.0 Å². The number of halogens is 4. The summed E-state index contributed by atoms with van der Waals surface area (Å²) in [5, 5.41) is 6.91. The second-order valence-electron chi connectivity index (χ2n) is 5.67. The maximum atomic E-state index is 13.2. The van der Waals surface area contributed by atoms with E-state index in [2.05, 4.69) is 15.1 Å². The SMILES string of the molecule is CN1CCC[C@@H](N2CCc3c2nnc(Cl)c3C(F)(F)F)C1. The molecule has 8 heteroatoms. The minimum atomic E-state index is -4.49. The topological polar surface area (TPSA) is 32.3 Å². The Hall–Kier alpha value is -1.08. The molecule has 3 heterocycles. The second kappa shape index (κ2) is 5.28. The summed E-state index contributed by atoms with van der Waals surface area (Å²) in [4.78, 5) is 4.16. The Morgan fingerprint density at radius 2 is 2.00 bits per heavy atom. The molecule has 0 amide bonds. The zero-order chi connectivity index (χ0) is 15.2. The number of alkyl halides is 3. The number of nitrogens with zero attached hydrogens (tertiary/aromatic N) is 4. The molecule has 0 spiro atoms. The minimum Gasteiger partial charge on any atom is -0.350 e. The van der Waals surface area contributed by atoms with Gasteiger partial charge in [-0.2, -0.15) is 13.2 Å². The molecule has 1 aromatic rings. The van der Waals surface area contributed by atoms with Gasteiger partial charge in [-0.05, 0) is 32.9 Å². The number of rotatable bonds is 1. The third kappa shape index (κ3) is 2.68. The van der Waals surface area contributed by atoms with E-state index < -0.39 is 16.9 Å². The fourth-order valence-corrected chi connectivity index (χ4v) is 3.54. The van der Waals surface area contributed by atoms with Crippen molar-refractivity contribution >= 4 is 17.4 Å². The van der Waals surface area contributed by atoms with Gasteiger partial charge < -0.3 is 9.80 Å². The summed E-state index contributed by atoms with van der Waals surface area (Å²) in [6, 6.07) is 0.196. The van der Waals surface area contributed by atoms with Gasteiger partial charge in [0, 0.05) is 24.7 Å². The van der Waals surface area contributed by atoms with Crippen LogP contribution in [0.4, 0.5) is 19.0 Å². The molecule has 1 saturated heterocycles.